The van der Waals surface area contributed by atoms with Crippen molar-refractivity contribution in [3.05, 3.63) is 28.7 Å². The summed E-state index contributed by atoms with van der Waals surface area (Å²) < 4.78 is 8.42. The number of piperidine rings is 2. The van der Waals surface area contributed by atoms with Gasteiger partial charge in [-0.25, -0.2) is 9.59 Å². The molecule has 10 nitrogen and oxygen atoms in total. The molecule has 0 aliphatic carbocycles. The lowest BCUT2D eigenvalue weighted by Crippen LogP contribution is -2.46. The van der Waals surface area contributed by atoms with Crippen molar-refractivity contribution >= 4 is 34.6 Å². The van der Waals surface area contributed by atoms with E-state index in [4.69, 9.17) is 4.74 Å². The number of alkyl carbamates (subject to hydrolysis) is 1. The topological polar surface area (TPSA) is 115 Å². The normalized spacial score (nSPS) is 20.1. The van der Waals surface area contributed by atoms with Crippen molar-refractivity contribution in [1.29, 1.82) is 0 Å². The van der Waals surface area contributed by atoms with Crippen LogP contribution in [0.1, 0.15) is 52.5 Å². The minimum absolute atomic E-state index is 0.0205. The number of benzene rings is 1. The number of aryl methyl sites for hydroxylation is 1. The van der Waals surface area contributed by atoms with Gasteiger partial charge in [0.25, 0.3) is 0 Å². The van der Waals surface area contributed by atoms with Gasteiger partial charge in [-0.15, -0.1) is 0 Å². The summed E-state index contributed by atoms with van der Waals surface area (Å²) in [7, 11) is 1.70. The molecule has 1 aromatic heterocycles. The number of anilines is 1. The number of aromatic nitrogens is 2. The van der Waals surface area contributed by atoms with Crippen molar-refractivity contribution in [2.75, 3.05) is 18.0 Å². The molecule has 33 heavy (non-hydrogen) atoms. The monoisotopic (exact) mass is 457 g/mol. The second-order valence-electron chi connectivity index (χ2n) is 9.73. The van der Waals surface area contributed by atoms with Crippen LogP contribution in [0.15, 0.2) is 23.0 Å². The molecule has 1 unspecified atom stereocenters. The third-order valence-corrected chi connectivity index (χ3v) is 6.16. The molecule has 2 aliphatic heterocycles. The number of imide groups is 1. The number of carbonyl (C=O) groups is 3. The first-order chi connectivity index (χ1) is 15.5. The maximum Gasteiger partial charge on any atom is 0.407 e. The largest absolute Gasteiger partial charge is 0.444 e. The van der Waals surface area contributed by atoms with Gasteiger partial charge in [0, 0.05) is 32.6 Å². The summed E-state index contributed by atoms with van der Waals surface area (Å²) in [6.45, 7) is 6.91. The quantitative estimate of drug-likeness (QED) is 0.680. The first-order valence-corrected chi connectivity index (χ1v) is 11.3. The molecular weight excluding hydrogens is 426 g/mol. The van der Waals surface area contributed by atoms with Crippen LogP contribution < -0.4 is 21.2 Å². The molecule has 3 amide bonds. The van der Waals surface area contributed by atoms with E-state index < -0.39 is 23.6 Å². The highest BCUT2D eigenvalue weighted by atomic mass is 16.6. The fourth-order valence-corrected chi connectivity index (χ4v) is 4.64. The van der Waals surface area contributed by atoms with Gasteiger partial charge in [0.15, 0.2) is 0 Å². The second kappa shape index (κ2) is 8.57. The summed E-state index contributed by atoms with van der Waals surface area (Å²) in [5.74, 6) is -0.756. The molecule has 0 bridgehead atoms. The van der Waals surface area contributed by atoms with Gasteiger partial charge in [0.2, 0.25) is 11.8 Å². The van der Waals surface area contributed by atoms with Crippen LogP contribution in [0.4, 0.5) is 10.5 Å². The summed E-state index contributed by atoms with van der Waals surface area (Å²) >= 11 is 0. The van der Waals surface area contributed by atoms with Crippen molar-refractivity contribution in [2.24, 2.45) is 7.05 Å². The van der Waals surface area contributed by atoms with Gasteiger partial charge in [0.05, 0.1) is 16.7 Å². The third kappa shape index (κ3) is 4.60. The van der Waals surface area contributed by atoms with E-state index in [-0.39, 0.29) is 24.1 Å². The number of nitrogens with one attached hydrogen (secondary N) is 2. The third-order valence-electron chi connectivity index (χ3n) is 6.16. The lowest BCUT2D eigenvalue weighted by molar-refractivity contribution is -0.135. The molecule has 1 atom stereocenters. The molecule has 0 radical (unpaired) electrons. The van der Waals surface area contributed by atoms with Gasteiger partial charge < -0.3 is 15.0 Å². The lowest BCUT2D eigenvalue weighted by Gasteiger charge is -2.34. The van der Waals surface area contributed by atoms with Crippen molar-refractivity contribution in [3.63, 3.8) is 0 Å². The Morgan fingerprint density at radius 1 is 1.12 bits per heavy atom. The first-order valence-electron chi connectivity index (χ1n) is 11.3. The van der Waals surface area contributed by atoms with Crippen LogP contribution in [-0.4, -0.2) is 51.8 Å². The van der Waals surface area contributed by atoms with E-state index in [1.165, 1.54) is 4.57 Å². The lowest BCUT2D eigenvalue weighted by atomic mass is 10.0. The highest BCUT2D eigenvalue weighted by Gasteiger charge is 2.32. The van der Waals surface area contributed by atoms with Gasteiger partial charge in [0.1, 0.15) is 11.6 Å². The predicted octanol–water partition coefficient (Wildman–Crippen LogP) is 1.81. The molecule has 2 fully saturated rings. The van der Waals surface area contributed by atoms with Crippen LogP contribution in [0.5, 0.6) is 0 Å². The SMILES string of the molecule is Cn1c(=O)n(C2CCC(=O)NC2=O)c2cccc(N3CCC(NC(=O)OC(C)(C)C)CC3)c21. The van der Waals surface area contributed by atoms with E-state index in [0.717, 1.165) is 24.0 Å². The number of fused-ring (bicyclic) bond motifs is 1. The van der Waals surface area contributed by atoms with Crippen LogP contribution in [0.25, 0.3) is 11.0 Å². The van der Waals surface area contributed by atoms with Crippen LogP contribution in [0.2, 0.25) is 0 Å². The zero-order chi connectivity index (χ0) is 23.9. The zero-order valence-electron chi connectivity index (χ0n) is 19.5. The number of carbonyl (C=O) groups excluding carboxylic acids is 3. The van der Waals surface area contributed by atoms with Gasteiger partial charge in [-0.3, -0.25) is 24.0 Å². The smallest absolute Gasteiger partial charge is 0.407 e. The number of para-hydroxylation sites is 1. The van der Waals surface area contributed by atoms with Crippen LogP contribution in [0.3, 0.4) is 0 Å². The molecule has 4 rings (SSSR count). The average molecular weight is 458 g/mol. The molecule has 2 saturated heterocycles. The van der Waals surface area contributed by atoms with Gasteiger partial charge >= 0.3 is 11.8 Å². The van der Waals surface area contributed by atoms with Crippen molar-refractivity contribution in [1.82, 2.24) is 19.8 Å². The Kier molecular flexibility index (Phi) is 5.94. The number of imidazole rings is 1. The second-order valence-corrected chi connectivity index (χ2v) is 9.73. The average Bonchev–Trinajstić information content (AvgIpc) is 2.98. The minimum atomic E-state index is -0.710. The number of nitrogens with zero attached hydrogens (tertiary/aromatic N) is 3. The molecule has 1 aromatic carbocycles. The summed E-state index contributed by atoms with van der Waals surface area (Å²) in [5.41, 5.74) is 1.51. The van der Waals surface area contributed by atoms with E-state index in [1.54, 1.807) is 11.6 Å². The summed E-state index contributed by atoms with van der Waals surface area (Å²) in [6, 6.07) is 4.99. The highest BCUT2D eigenvalue weighted by molar-refractivity contribution is 6.00. The maximum atomic E-state index is 13.1. The Morgan fingerprint density at radius 3 is 2.45 bits per heavy atom. The van der Waals surface area contributed by atoms with E-state index in [0.29, 0.717) is 25.0 Å². The fraction of sp³-hybridized carbons (Fsp3) is 0.565. The van der Waals surface area contributed by atoms with Crippen LogP contribution in [0, 0.1) is 0 Å². The van der Waals surface area contributed by atoms with Gasteiger partial charge in [-0.05, 0) is 52.2 Å². The van der Waals surface area contributed by atoms with Crippen LogP contribution >= 0.6 is 0 Å². The molecule has 178 valence electrons. The maximum absolute atomic E-state index is 13.1. The first kappa shape index (κ1) is 22.9. The molecular formula is C23H31N5O5. The van der Waals surface area contributed by atoms with E-state index in [2.05, 4.69) is 15.5 Å². The van der Waals surface area contributed by atoms with E-state index >= 15 is 0 Å². The van der Waals surface area contributed by atoms with Crippen LogP contribution in [-0.2, 0) is 21.4 Å². The predicted molar refractivity (Wildman–Crippen MR) is 123 cm³/mol. The molecule has 10 heteroatoms. The number of amides is 3. The standard InChI is InChI=1S/C23H31N5O5/c1-23(2,3)33-21(31)24-14-10-12-27(13-11-14)15-6-5-7-16-19(15)26(4)22(32)28(16)17-8-9-18(29)25-20(17)30/h5-7,14,17H,8-13H2,1-4H3,(H,24,31)(H,25,29,30). The molecule has 0 saturated carbocycles. The van der Waals surface area contributed by atoms with E-state index in [1.807, 2.05) is 39.0 Å². The van der Waals surface area contributed by atoms with Crippen molar-refractivity contribution < 1.29 is 19.1 Å². The van der Waals surface area contributed by atoms with Crippen molar-refractivity contribution in [2.45, 2.75) is 64.1 Å². The number of hydrogen-bond donors (Lipinski definition) is 2. The highest BCUT2D eigenvalue weighted by Crippen LogP contribution is 2.31. The Bertz CT molecular complexity index is 1150. The zero-order valence-corrected chi connectivity index (χ0v) is 19.5. The Morgan fingerprint density at radius 2 is 1.82 bits per heavy atom. The molecule has 2 aromatic rings. The summed E-state index contributed by atoms with van der Waals surface area (Å²) in [6.07, 6.45) is 1.59. The fourth-order valence-electron chi connectivity index (χ4n) is 4.64. The Hall–Kier alpha value is -3.30. The van der Waals surface area contributed by atoms with Gasteiger partial charge in [-0.1, -0.05) is 6.07 Å². The molecule has 3 heterocycles. The van der Waals surface area contributed by atoms with Crippen molar-refractivity contribution in [3.8, 4) is 0 Å². The number of rotatable bonds is 3. The molecule has 2 N–H and O–H groups in total. The summed E-state index contributed by atoms with van der Waals surface area (Å²) in [4.78, 5) is 51.4. The molecule has 2 aliphatic rings. The van der Waals surface area contributed by atoms with Gasteiger partial charge in [-0.2, -0.15) is 0 Å². The minimum Gasteiger partial charge on any atom is -0.444 e. The Balaban J connectivity index is 1.55. The molecule has 0 spiro atoms. The van der Waals surface area contributed by atoms with E-state index in [9.17, 15) is 19.2 Å². The Labute approximate surface area is 191 Å². The summed E-state index contributed by atoms with van der Waals surface area (Å²) in [5, 5.41) is 5.28. The number of hydrogen-bond acceptors (Lipinski definition) is 6. The number of ether oxygens (including phenoxy) is 1.